The first kappa shape index (κ1) is 12.3. The van der Waals surface area contributed by atoms with Gasteiger partial charge in [0.1, 0.15) is 5.69 Å². The van der Waals surface area contributed by atoms with Crippen LogP contribution in [0.5, 0.6) is 0 Å². The van der Waals surface area contributed by atoms with E-state index in [2.05, 4.69) is 15.9 Å². The van der Waals surface area contributed by atoms with Crippen LogP contribution in [0.1, 0.15) is 30.4 Å². The molecule has 4 nitrogen and oxygen atoms in total. The molecular formula is C10H14BrNO3. The van der Waals surface area contributed by atoms with Crippen molar-refractivity contribution in [2.75, 3.05) is 13.2 Å². The number of aromatic nitrogens is 1. The molecular weight excluding hydrogens is 262 g/mol. The standard InChI is InChI=1S/C10H14BrNO3/c1-3-15-6-7(2)12-5-8(11)4-9(12)10(13)14/h4-5,7H,3,6H2,1-2H3,(H,13,14). The number of hydrogen-bond acceptors (Lipinski definition) is 2. The Balaban J connectivity index is 2.86. The first-order valence-corrected chi connectivity index (χ1v) is 5.54. The van der Waals surface area contributed by atoms with Crippen molar-refractivity contribution in [2.24, 2.45) is 0 Å². The van der Waals surface area contributed by atoms with Gasteiger partial charge in [0.05, 0.1) is 12.6 Å². The summed E-state index contributed by atoms with van der Waals surface area (Å²) in [6.45, 7) is 4.98. The highest BCUT2D eigenvalue weighted by molar-refractivity contribution is 9.10. The van der Waals surface area contributed by atoms with Crippen LogP contribution in [0, 0.1) is 0 Å². The van der Waals surface area contributed by atoms with E-state index < -0.39 is 5.97 Å². The zero-order valence-electron chi connectivity index (χ0n) is 8.74. The molecule has 1 heterocycles. The number of carboxylic acid groups (broad SMARTS) is 1. The Morgan fingerprint density at radius 2 is 2.40 bits per heavy atom. The Hall–Kier alpha value is -0.810. The third-order valence-corrected chi connectivity index (χ3v) is 2.51. The van der Waals surface area contributed by atoms with E-state index in [1.54, 1.807) is 16.8 Å². The summed E-state index contributed by atoms with van der Waals surface area (Å²) in [6.07, 6.45) is 1.76. The molecule has 0 spiro atoms. The van der Waals surface area contributed by atoms with E-state index in [4.69, 9.17) is 9.84 Å². The van der Waals surface area contributed by atoms with E-state index >= 15 is 0 Å². The number of aromatic carboxylic acids is 1. The van der Waals surface area contributed by atoms with Gasteiger partial charge in [0.25, 0.3) is 0 Å². The van der Waals surface area contributed by atoms with E-state index in [1.165, 1.54) is 0 Å². The fraction of sp³-hybridized carbons (Fsp3) is 0.500. The largest absolute Gasteiger partial charge is 0.477 e. The number of nitrogens with zero attached hydrogens (tertiary/aromatic N) is 1. The van der Waals surface area contributed by atoms with Gasteiger partial charge in [-0.2, -0.15) is 0 Å². The Morgan fingerprint density at radius 3 is 2.93 bits per heavy atom. The third kappa shape index (κ3) is 3.07. The fourth-order valence-electron chi connectivity index (χ4n) is 1.35. The summed E-state index contributed by atoms with van der Waals surface area (Å²) >= 11 is 3.26. The minimum Gasteiger partial charge on any atom is -0.477 e. The van der Waals surface area contributed by atoms with Crippen molar-refractivity contribution >= 4 is 21.9 Å². The molecule has 1 aromatic heterocycles. The van der Waals surface area contributed by atoms with Gasteiger partial charge in [-0.15, -0.1) is 0 Å². The predicted molar refractivity (Wildman–Crippen MR) is 60.3 cm³/mol. The van der Waals surface area contributed by atoms with Crippen LogP contribution in [0.3, 0.4) is 0 Å². The summed E-state index contributed by atoms with van der Waals surface area (Å²) in [6, 6.07) is 1.60. The first-order chi connectivity index (χ1) is 7.06. The molecule has 0 amide bonds. The molecule has 0 radical (unpaired) electrons. The van der Waals surface area contributed by atoms with Crippen LogP contribution in [-0.2, 0) is 4.74 Å². The van der Waals surface area contributed by atoms with Crippen LogP contribution in [0.25, 0.3) is 0 Å². The Bertz CT molecular complexity index is 348. The van der Waals surface area contributed by atoms with Crippen LogP contribution in [0.15, 0.2) is 16.7 Å². The molecule has 1 rings (SSSR count). The van der Waals surface area contributed by atoms with Crippen LogP contribution >= 0.6 is 15.9 Å². The second kappa shape index (κ2) is 5.32. The smallest absolute Gasteiger partial charge is 0.352 e. The molecule has 0 bridgehead atoms. The number of carbonyl (C=O) groups is 1. The normalized spacial score (nSPS) is 12.7. The van der Waals surface area contributed by atoms with Gasteiger partial charge in [-0.05, 0) is 35.8 Å². The van der Waals surface area contributed by atoms with Gasteiger partial charge < -0.3 is 14.4 Å². The molecule has 5 heteroatoms. The lowest BCUT2D eigenvalue weighted by Gasteiger charge is -2.15. The maximum atomic E-state index is 10.9. The van der Waals surface area contributed by atoms with Gasteiger partial charge in [-0.25, -0.2) is 4.79 Å². The molecule has 0 fully saturated rings. The quantitative estimate of drug-likeness (QED) is 0.899. The van der Waals surface area contributed by atoms with Crippen molar-refractivity contribution in [1.29, 1.82) is 0 Å². The van der Waals surface area contributed by atoms with Gasteiger partial charge in [0, 0.05) is 17.3 Å². The summed E-state index contributed by atoms with van der Waals surface area (Å²) in [5, 5.41) is 8.97. The SMILES string of the molecule is CCOCC(C)n1cc(Br)cc1C(=O)O. The molecule has 0 aromatic carbocycles. The van der Waals surface area contributed by atoms with Crippen LogP contribution in [0.4, 0.5) is 0 Å². The third-order valence-electron chi connectivity index (χ3n) is 2.07. The molecule has 0 saturated carbocycles. The lowest BCUT2D eigenvalue weighted by atomic mass is 10.3. The van der Waals surface area contributed by atoms with Gasteiger partial charge >= 0.3 is 5.97 Å². The molecule has 0 aliphatic rings. The molecule has 15 heavy (non-hydrogen) atoms. The molecule has 0 aliphatic heterocycles. The van der Waals surface area contributed by atoms with Gasteiger partial charge in [-0.1, -0.05) is 0 Å². The fourth-order valence-corrected chi connectivity index (χ4v) is 1.79. The maximum absolute atomic E-state index is 10.9. The van der Waals surface area contributed by atoms with Crippen molar-refractivity contribution in [3.8, 4) is 0 Å². The van der Waals surface area contributed by atoms with Crippen molar-refractivity contribution < 1.29 is 14.6 Å². The van der Waals surface area contributed by atoms with Crippen molar-refractivity contribution in [1.82, 2.24) is 4.57 Å². The summed E-state index contributed by atoms with van der Waals surface area (Å²) < 4.78 is 7.73. The van der Waals surface area contributed by atoms with E-state index in [0.29, 0.717) is 13.2 Å². The number of carboxylic acids is 1. The van der Waals surface area contributed by atoms with E-state index in [0.717, 1.165) is 4.47 Å². The van der Waals surface area contributed by atoms with E-state index in [-0.39, 0.29) is 11.7 Å². The molecule has 84 valence electrons. The number of hydrogen-bond donors (Lipinski definition) is 1. The highest BCUT2D eigenvalue weighted by Crippen LogP contribution is 2.19. The molecule has 1 aromatic rings. The highest BCUT2D eigenvalue weighted by atomic mass is 79.9. The maximum Gasteiger partial charge on any atom is 0.352 e. The first-order valence-electron chi connectivity index (χ1n) is 4.74. The minimum atomic E-state index is -0.927. The van der Waals surface area contributed by atoms with Gasteiger partial charge in [0.15, 0.2) is 0 Å². The van der Waals surface area contributed by atoms with Gasteiger partial charge in [0.2, 0.25) is 0 Å². The lowest BCUT2D eigenvalue weighted by Crippen LogP contribution is -2.16. The molecule has 1 N–H and O–H groups in total. The van der Waals surface area contributed by atoms with Crippen molar-refractivity contribution in [3.05, 3.63) is 22.4 Å². The lowest BCUT2D eigenvalue weighted by molar-refractivity contribution is 0.0674. The van der Waals surface area contributed by atoms with Crippen molar-refractivity contribution in [2.45, 2.75) is 19.9 Å². The monoisotopic (exact) mass is 275 g/mol. The average molecular weight is 276 g/mol. The second-order valence-electron chi connectivity index (χ2n) is 3.26. The van der Waals surface area contributed by atoms with Crippen LogP contribution in [0.2, 0.25) is 0 Å². The van der Waals surface area contributed by atoms with Crippen molar-refractivity contribution in [3.63, 3.8) is 0 Å². The molecule has 1 unspecified atom stereocenters. The molecule has 1 atom stereocenters. The topological polar surface area (TPSA) is 51.5 Å². The predicted octanol–water partition coefficient (Wildman–Crippen LogP) is 2.55. The van der Waals surface area contributed by atoms with Gasteiger partial charge in [-0.3, -0.25) is 0 Å². The number of ether oxygens (including phenoxy) is 1. The Kier molecular flexibility index (Phi) is 4.35. The zero-order chi connectivity index (χ0) is 11.4. The minimum absolute atomic E-state index is 0.0161. The molecule has 0 aliphatic carbocycles. The summed E-state index contributed by atoms with van der Waals surface area (Å²) in [5.74, 6) is -0.927. The Morgan fingerprint density at radius 1 is 1.73 bits per heavy atom. The van der Waals surface area contributed by atoms with Crippen LogP contribution < -0.4 is 0 Å². The molecule has 0 saturated heterocycles. The zero-order valence-corrected chi connectivity index (χ0v) is 10.3. The van der Waals surface area contributed by atoms with E-state index in [9.17, 15) is 4.79 Å². The average Bonchev–Trinajstić information content (AvgIpc) is 2.57. The number of rotatable bonds is 5. The Labute approximate surface area is 97.0 Å². The summed E-state index contributed by atoms with van der Waals surface area (Å²) in [4.78, 5) is 10.9. The highest BCUT2D eigenvalue weighted by Gasteiger charge is 2.15. The van der Waals surface area contributed by atoms with Crippen LogP contribution in [-0.4, -0.2) is 28.9 Å². The summed E-state index contributed by atoms with van der Waals surface area (Å²) in [5.41, 5.74) is 0.272. The number of halogens is 1. The summed E-state index contributed by atoms with van der Waals surface area (Å²) in [7, 11) is 0. The van der Waals surface area contributed by atoms with E-state index in [1.807, 2.05) is 13.8 Å². The second-order valence-corrected chi connectivity index (χ2v) is 4.18.